The minimum Gasteiger partial charge on any atom is -0.387 e. The number of benzene rings is 5. The van der Waals surface area contributed by atoms with Crippen molar-refractivity contribution in [3.05, 3.63) is 179 Å². The molecular weight excluding hydrogens is 869 g/mol. The average Bonchev–Trinajstić information content (AvgIpc) is 3.39. The fourth-order valence-corrected chi connectivity index (χ4v) is 10.3. The van der Waals surface area contributed by atoms with Gasteiger partial charge < -0.3 is 47.7 Å². The third-order valence-electron chi connectivity index (χ3n) is 14.8. The first-order valence-electron chi connectivity index (χ1n) is 25.3. The molecular formula is C59H74O10. The topological polar surface area (TPSA) is 103 Å². The largest absolute Gasteiger partial charge is 0.387 e. The van der Waals surface area contributed by atoms with E-state index in [0.717, 1.165) is 40.7 Å². The average molecular weight is 943 g/mol. The number of ether oxygens (including phenoxy) is 9. The summed E-state index contributed by atoms with van der Waals surface area (Å²) in [6, 6.07) is 50.4. The normalized spacial score (nSPS) is 32.7. The summed E-state index contributed by atoms with van der Waals surface area (Å²) in [7, 11) is 0. The van der Waals surface area contributed by atoms with Crippen molar-refractivity contribution >= 4 is 0 Å². The van der Waals surface area contributed by atoms with Crippen LogP contribution in [-0.4, -0.2) is 78.7 Å². The lowest BCUT2D eigenvalue weighted by molar-refractivity contribution is -0.364. The molecule has 5 aromatic carbocycles. The van der Waals surface area contributed by atoms with E-state index in [1.165, 1.54) is 0 Å². The third kappa shape index (κ3) is 13.0. The Morgan fingerprint density at radius 1 is 0.348 bits per heavy atom. The zero-order chi connectivity index (χ0) is 48.1. The van der Waals surface area contributed by atoms with Crippen LogP contribution in [0.5, 0.6) is 0 Å². The molecule has 0 aromatic heterocycles. The summed E-state index contributed by atoms with van der Waals surface area (Å²) in [4.78, 5) is 0. The Labute approximate surface area is 410 Å². The zero-order valence-corrected chi connectivity index (χ0v) is 41.2. The molecule has 69 heavy (non-hydrogen) atoms. The van der Waals surface area contributed by atoms with E-state index in [1.807, 2.05) is 127 Å². The molecule has 1 aliphatic carbocycles. The maximum Gasteiger partial charge on any atom is 0.184 e. The predicted molar refractivity (Wildman–Crippen MR) is 265 cm³/mol. The van der Waals surface area contributed by atoms with Crippen LogP contribution in [0.4, 0.5) is 0 Å². The molecule has 1 saturated carbocycles. The van der Waals surface area contributed by atoms with E-state index < -0.39 is 61.4 Å². The van der Waals surface area contributed by atoms with Crippen molar-refractivity contribution < 1.29 is 47.7 Å². The van der Waals surface area contributed by atoms with Gasteiger partial charge in [0, 0.05) is 0 Å². The van der Waals surface area contributed by atoms with E-state index in [0.29, 0.717) is 13.2 Å². The van der Waals surface area contributed by atoms with Crippen molar-refractivity contribution in [3.63, 3.8) is 0 Å². The Morgan fingerprint density at radius 2 is 0.594 bits per heavy atom. The minimum atomic E-state index is -1.33. The van der Waals surface area contributed by atoms with E-state index in [2.05, 4.69) is 65.8 Å². The summed E-state index contributed by atoms with van der Waals surface area (Å²) in [6.07, 6.45) is -7.39. The van der Waals surface area contributed by atoms with Crippen LogP contribution in [0.1, 0.15) is 82.2 Å². The molecule has 3 fully saturated rings. The van der Waals surface area contributed by atoms with Crippen molar-refractivity contribution in [1.82, 2.24) is 0 Å². The molecule has 2 saturated heterocycles. The standard InChI is InChI=1S/C59H74O10/c1-7-48-39(3)41(5)51(61-34-43-24-14-9-15-25-43)58(66-48)68-53-50(60)54(69-59-52(42(6)40(4)49(8-2)67-59)62-35-44-26-16-10-17-27-44)56(64-37-46-30-20-12-21-31-46)57(65-38-47-32-22-13-23-33-47)55(53)63-36-45-28-18-11-19-29-45/h9-33,39-42,48-60H,7-8,34-38H2,1-6H3/t39-,40-,41+,42+,48?,49?,50?,51?,52?,53-,54?,55?,56?,57?,58+,59+/m1/s1. The van der Waals surface area contributed by atoms with Crippen LogP contribution in [-0.2, 0) is 75.7 Å². The van der Waals surface area contributed by atoms with E-state index in [4.69, 9.17) is 42.6 Å². The molecule has 10 nitrogen and oxygen atoms in total. The van der Waals surface area contributed by atoms with Gasteiger partial charge in [-0.15, -0.1) is 0 Å². The molecule has 8 rings (SSSR count). The molecule has 10 heteroatoms. The molecule has 0 radical (unpaired) electrons. The van der Waals surface area contributed by atoms with E-state index in [1.54, 1.807) is 0 Å². The van der Waals surface area contributed by atoms with Crippen molar-refractivity contribution in [1.29, 1.82) is 0 Å². The van der Waals surface area contributed by atoms with Gasteiger partial charge >= 0.3 is 0 Å². The Morgan fingerprint density at radius 3 is 0.855 bits per heavy atom. The van der Waals surface area contributed by atoms with E-state index in [-0.39, 0.29) is 55.7 Å². The lowest BCUT2D eigenvalue weighted by atomic mass is 9.81. The van der Waals surface area contributed by atoms with Crippen LogP contribution >= 0.6 is 0 Å². The summed E-state index contributed by atoms with van der Waals surface area (Å²) in [5.74, 6) is 0.457. The summed E-state index contributed by atoms with van der Waals surface area (Å²) in [5, 5.41) is 13.3. The first-order chi connectivity index (χ1) is 33.7. The summed E-state index contributed by atoms with van der Waals surface area (Å²) in [5.41, 5.74) is 4.98. The molecule has 0 spiro atoms. The first kappa shape index (κ1) is 51.1. The number of aliphatic hydroxyl groups excluding tert-OH is 1. The Hall–Kier alpha value is -4.30. The van der Waals surface area contributed by atoms with E-state index in [9.17, 15) is 5.11 Å². The van der Waals surface area contributed by atoms with Gasteiger partial charge in [0.25, 0.3) is 0 Å². The number of rotatable bonds is 21. The fraction of sp³-hybridized carbons (Fsp3) is 0.492. The minimum absolute atomic E-state index is 0.0496. The second kappa shape index (κ2) is 25.2. The molecule has 9 unspecified atom stereocenters. The summed E-state index contributed by atoms with van der Waals surface area (Å²) in [6.45, 7) is 14.5. The Bertz CT molecular complexity index is 2070. The van der Waals surface area contributed by atoms with Crippen molar-refractivity contribution in [2.24, 2.45) is 23.7 Å². The Balaban J connectivity index is 1.21. The molecule has 0 amide bonds. The molecule has 1 N–H and O–H groups in total. The van der Waals surface area contributed by atoms with Gasteiger partial charge in [-0.3, -0.25) is 0 Å². The maximum absolute atomic E-state index is 13.3. The van der Waals surface area contributed by atoms with Crippen molar-refractivity contribution in [2.75, 3.05) is 0 Å². The molecule has 2 aliphatic heterocycles. The zero-order valence-electron chi connectivity index (χ0n) is 41.2. The van der Waals surface area contributed by atoms with Crippen LogP contribution in [0.3, 0.4) is 0 Å². The summed E-state index contributed by atoms with van der Waals surface area (Å²) < 4.78 is 63.4. The number of hydrogen-bond acceptors (Lipinski definition) is 10. The second-order valence-corrected chi connectivity index (χ2v) is 19.3. The van der Waals surface area contributed by atoms with Gasteiger partial charge in [-0.2, -0.15) is 0 Å². The van der Waals surface area contributed by atoms with Crippen LogP contribution in [0, 0.1) is 23.7 Å². The highest BCUT2D eigenvalue weighted by molar-refractivity contribution is 5.18. The van der Waals surface area contributed by atoms with Gasteiger partial charge in [-0.1, -0.05) is 193 Å². The van der Waals surface area contributed by atoms with E-state index >= 15 is 0 Å². The van der Waals surface area contributed by atoms with Gasteiger partial charge in [-0.05, 0) is 64.3 Å². The van der Waals surface area contributed by atoms with Gasteiger partial charge in [0.05, 0.1) is 45.2 Å². The lowest BCUT2D eigenvalue weighted by Crippen LogP contribution is -2.69. The second-order valence-electron chi connectivity index (χ2n) is 19.3. The monoisotopic (exact) mass is 943 g/mol. The number of hydrogen-bond donors (Lipinski definition) is 1. The molecule has 370 valence electrons. The quantitative estimate of drug-likeness (QED) is 0.0765. The predicted octanol–water partition coefficient (Wildman–Crippen LogP) is 10.9. The van der Waals surface area contributed by atoms with Gasteiger partial charge in [0.15, 0.2) is 12.6 Å². The summed E-state index contributed by atoms with van der Waals surface area (Å²) >= 11 is 0. The van der Waals surface area contributed by atoms with Crippen LogP contribution in [0.25, 0.3) is 0 Å². The number of aliphatic hydroxyl groups is 1. The molecule has 0 bridgehead atoms. The molecule has 16 atom stereocenters. The SMILES string of the molecule is CCC1O[C@@H](OC2C(OCc3ccccc3)C(OCc3ccccc3)C(OCc3ccccc3)[C@H](O[C@@H]3OC(CC)[C@H](C)[C@H](C)C3OCc3ccccc3)C2O)C(OCc2ccccc2)[C@@H](C)[C@H]1C. The molecule has 5 aromatic rings. The van der Waals surface area contributed by atoms with Crippen LogP contribution in [0.15, 0.2) is 152 Å². The highest BCUT2D eigenvalue weighted by Gasteiger charge is 2.58. The first-order valence-corrected chi connectivity index (χ1v) is 25.3. The maximum atomic E-state index is 13.3. The van der Waals surface area contributed by atoms with Gasteiger partial charge in [0.2, 0.25) is 0 Å². The highest BCUT2D eigenvalue weighted by atomic mass is 16.7. The highest BCUT2D eigenvalue weighted by Crippen LogP contribution is 2.42. The molecule has 2 heterocycles. The van der Waals surface area contributed by atoms with Gasteiger partial charge in [-0.25, -0.2) is 0 Å². The smallest absolute Gasteiger partial charge is 0.184 e. The third-order valence-corrected chi connectivity index (χ3v) is 14.8. The van der Waals surface area contributed by atoms with Crippen molar-refractivity contribution in [3.8, 4) is 0 Å². The van der Waals surface area contributed by atoms with Crippen LogP contribution in [0.2, 0.25) is 0 Å². The van der Waals surface area contributed by atoms with Crippen molar-refractivity contribution in [2.45, 2.75) is 161 Å². The molecule has 3 aliphatic rings. The van der Waals surface area contributed by atoms with Crippen LogP contribution < -0.4 is 0 Å². The Kier molecular flexibility index (Phi) is 18.6. The lowest BCUT2D eigenvalue weighted by Gasteiger charge is -2.52. The van der Waals surface area contributed by atoms with Gasteiger partial charge in [0.1, 0.15) is 48.8 Å². The fourth-order valence-electron chi connectivity index (χ4n) is 10.3.